The minimum Gasteiger partial charge on any atom is -0.446 e. The summed E-state index contributed by atoms with van der Waals surface area (Å²) in [5.74, 6) is 4.07. The van der Waals surface area contributed by atoms with Crippen molar-refractivity contribution in [3.8, 4) is 12.3 Å². The number of nitrogens with zero attached hydrogens (tertiary/aromatic N) is 5. The number of carbonyl (C=O) groups excluding carboxylic acids is 2. The van der Waals surface area contributed by atoms with Gasteiger partial charge in [-0.15, -0.1) is 6.42 Å². The molecule has 0 bridgehead atoms. The normalized spacial score (nSPS) is 19.9. The highest BCUT2D eigenvalue weighted by Gasteiger charge is 2.36. The lowest BCUT2D eigenvalue weighted by molar-refractivity contribution is 0.0996. The third-order valence-electron chi connectivity index (χ3n) is 5.82. The van der Waals surface area contributed by atoms with Crippen LogP contribution >= 0.6 is 0 Å². The van der Waals surface area contributed by atoms with Crippen molar-refractivity contribution in [2.24, 2.45) is 0 Å². The number of ether oxygens (including phenoxy) is 1. The second kappa shape index (κ2) is 7.56. The number of hydrogen-bond acceptors (Lipinski definition) is 7. The van der Waals surface area contributed by atoms with Gasteiger partial charge in [-0.25, -0.2) is 19.7 Å². The van der Waals surface area contributed by atoms with Crippen LogP contribution in [0.3, 0.4) is 0 Å². The number of aromatic nitrogens is 2. The van der Waals surface area contributed by atoms with E-state index in [1.54, 1.807) is 23.1 Å². The maximum Gasteiger partial charge on any atom is 0.416 e. The van der Waals surface area contributed by atoms with Crippen LogP contribution in [-0.4, -0.2) is 54.8 Å². The first-order valence-corrected chi connectivity index (χ1v) is 10.2. The molecular formula is C22H22N6O3. The van der Waals surface area contributed by atoms with E-state index in [1.807, 2.05) is 13.1 Å². The van der Waals surface area contributed by atoms with Gasteiger partial charge in [0.05, 0.1) is 17.8 Å². The Morgan fingerprint density at radius 2 is 2.03 bits per heavy atom. The molecule has 0 aliphatic carbocycles. The Hall–Kier alpha value is -3.64. The summed E-state index contributed by atoms with van der Waals surface area (Å²) in [5, 5.41) is 3.14. The summed E-state index contributed by atoms with van der Waals surface area (Å²) in [7, 11) is 1.86. The van der Waals surface area contributed by atoms with Crippen molar-refractivity contribution in [1.29, 1.82) is 0 Å². The fraction of sp³-hybridized carbons (Fsp3) is 0.364. The van der Waals surface area contributed by atoms with Crippen LogP contribution in [0.4, 0.5) is 22.2 Å². The number of terminal acetylenes is 1. The van der Waals surface area contributed by atoms with E-state index in [1.165, 1.54) is 4.90 Å². The molecule has 2 aromatic rings. The van der Waals surface area contributed by atoms with Crippen LogP contribution in [0.1, 0.15) is 28.0 Å². The van der Waals surface area contributed by atoms with E-state index in [-0.39, 0.29) is 12.5 Å². The van der Waals surface area contributed by atoms with Gasteiger partial charge in [0, 0.05) is 25.2 Å². The standard InChI is InChI=1S/C22H22N6O3/c1-3-14-13-31-22(30)28(14)19-7-4-6-18(25-19)27-12-16-15(21(27)29)10-20(26-8-5-9-26)24-17(16)11-23-2/h1,4,6-7,10,14,23H,5,8-9,11-13H2,2H3/t14-/m0/s1. The second-order valence-corrected chi connectivity index (χ2v) is 7.70. The lowest BCUT2D eigenvalue weighted by atomic mass is 10.1. The fourth-order valence-electron chi connectivity index (χ4n) is 4.05. The van der Waals surface area contributed by atoms with Crippen LogP contribution in [0.25, 0.3) is 0 Å². The molecular weight excluding hydrogens is 396 g/mol. The van der Waals surface area contributed by atoms with Crippen molar-refractivity contribution >= 4 is 29.5 Å². The molecule has 0 spiro atoms. The third kappa shape index (κ3) is 3.16. The molecule has 5 heterocycles. The van der Waals surface area contributed by atoms with E-state index in [2.05, 4.69) is 21.1 Å². The molecule has 2 amide bonds. The van der Waals surface area contributed by atoms with E-state index >= 15 is 0 Å². The molecule has 0 aromatic carbocycles. The summed E-state index contributed by atoms with van der Waals surface area (Å²) in [6.45, 7) is 2.97. The van der Waals surface area contributed by atoms with Crippen LogP contribution in [0.5, 0.6) is 0 Å². The minimum atomic E-state index is -0.539. The van der Waals surface area contributed by atoms with Crippen LogP contribution in [0, 0.1) is 12.3 Å². The topological polar surface area (TPSA) is 90.9 Å². The molecule has 0 unspecified atom stereocenters. The smallest absolute Gasteiger partial charge is 0.416 e. The van der Waals surface area contributed by atoms with Gasteiger partial charge in [0.1, 0.15) is 30.1 Å². The molecule has 9 nitrogen and oxygen atoms in total. The first-order valence-electron chi connectivity index (χ1n) is 10.2. The Kier molecular flexibility index (Phi) is 4.71. The fourth-order valence-corrected chi connectivity index (χ4v) is 4.05. The summed E-state index contributed by atoms with van der Waals surface area (Å²) in [6, 6.07) is 6.55. The van der Waals surface area contributed by atoms with E-state index in [4.69, 9.17) is 16.1 Å². The third-order valence-corrected chi connectivity index (χ3v) is 5.82. The van der Waals surface area contributed by atoms with E-state index < -0.39 is 12.1 Å². The van der Waals surface area contributed by atoms with Crippen molar-refractivity contribution in [1.82, 2.24) is 15.3 Å². The van der Waals surface area contributed by atoms with Gasteiger partial charge < -0.3 is 15.0 Å². The SMILES string of the molecule is C#C[C@H]1COC(=O)N1c1cccc(N2Cc3c(cc(N4CCC4)nc3CNC)C2=O)n1. The molecule has 1 N–H and O–H groups in total. The molecule has 158 valence electrons. The van der Waals surface area contributed by atoms with E-state index in [0.29, 0.717) is 30.3 Å². The Morgan fingerprint density at radius 3 is 2.74 bits per heavy atom. The average Bonchev–Trinajstić information content (AvgIpc) is 3.27. The summed E-state index contributed by atoms with van der Waals surface area (Å²) in [6.07, 6.45) is 6.13. The summed E-state index contributed by atoms with van der Waals surface area (Å²) < 4.78 is 5.06. The number of amides is 2. The molecule has 2 saturated heterocycles. The molecule has 0 radical (unpaired) electrons. The van der Waals surface area contributed by atoms with Gasteiger partial charge in [0.2, 0.25) is 0 Å². The number of carbonyl (C=O) groups is 2. The van der Waals surface area contributed by atoms with E-state index in [9.17, 15) is 9.59 Å². The van der Waals surface area contributed by atoms with Crippen molar-refractivity contribution in [2.45, 2.75) is 25.6 Å². The molecule has 3 aliphatic heterocycles. The van der Waals surface area contributed by atoms with Gasteiger partial charge >= 0.3 is 6.09 Å². The Labute approximate surface area is 180 Å². The monoisotopic (exact) mass is 418 g/mol. The van der Waals surface area contributed by atoms with Gasteiger partial charge in [-0.05, 0) is 31.7 Å². The Balaban J connectivity index is 1.49. The van der Waals surface area contributed by atoms with Crippen LogP contribution in [-0.2, 0) is 17.8 Å². The molecule has 9 heteroatoms. The lowest BCUT2D eigenvalue weighted by Gasteiger charge is -2.32. The van der Waals surface area contributed by atoms with Gasteiger partial charge in [0.25, 0.3) is 5.91 Å². The number of rotatable bonds is 5. The summed E-state index contributed by atoms with van der Waals surface area (Å²) in [5.41, 5.74) is 2.42. The number of hydrogen-bond donors (Lipinski definition) is 1. The average molecular weight is 418 g/mol. The van der Waals surface area contributed by atoms with Crippen molar-refractivity contribution in [2.75, 3.05) is 41.4 Å². The zero-order chi connectivity index (χ0) is 21.5. The van der Waals surface area contributed by atoms with Gasteiger partial charge in [-0.3, -0.25) is 9.69 Å². The number of anilines is 3. The summed E-state index contributed by atoms with van der Waals surface area (Å²) in [4.78, 5) is 40.0. The van der Waals surface area contributed by atoms with Gasteiger partial charge in [-0.1, -0.05) is 12.0 Å². The lowest BCUT2D eigenvalue weighted by Crippen LogP contribution is -2.38. The van der Waals surface area contributed by atoms with Crippen molar-refractivity contribution < 1.29 is 14.3 Å². The number of nitrogens with one attached hydrogen (secondary N) is 1. The predicted octanol–water partition coefficient (Wildman–Crippen LogP) is 1.52. The van der Waals surface area contributed by atoms with Crippen LogP contribution in [0.2, 0.25) is 0 Å². The molecule has 31 heavy (non-hydrogen) atoms. The number of fused-ring (bicyclic) bond motifs is 1. The summed E-state index contributed by atoms with van der Waals surface area (Å²) >= 11 is 0. The van der Waals surface area contributed by atoms with E-state index in [0.717, 1.165) is 36.6 Å². The zero-order valence-electron chi connectivity index (χ0n) is 17.2. The largest absolute Gasteiger partial charge is 0.446 e. The van der Waals surface area contributed by atoms with Gasteiger partial charge in [0.15, 0.2) is 0 Å². The molecule has 1 atom stereocenters. The Bertz CT molecular complexity index is 1110. The molecule has 2 aromatic heterocycles. The highest BCUT2D eigenvalue weighted by Crippen LogP contribution is 2.33. The molecule has 5 rings (SSSR count). The highest BCUT2D eigenvalue weighted by molar-refractivity contribution is 6.10. The minimum absolute atomic E-state index is 0.119. The highest BCUT2D eigenvalue weighted by atomic mass is 16.6. The second-order valence-electron chi connectivity index (χ2n) is 7.70. The van der Waals surface area contributed by atoms with Gasteiger partial charge in [-0.2, -0.15) is 0 Å². The van der Waals surface area contributed by atoms with Crippen molar-refractivity contribution in [3.63, 3.8) is 0 Å². The quantitative estimate of drug-likeness (QED) is 0.737. The maximum absolute atomic E-state index is 13.3. The molecule has 2 fully saturated rings. The Morgan fingerprint density at radius 1 is 1.23 bits per heavy atom. The number of cyclic esters (lactones) is 1. The molecule has 0 saturated carbocycles. The molecule has 3 aliphatic rings. The first kappa shape index (κ1) is 19.3. The maximum atomic E-state index is 13.3. The van der Waals surface area contributed by atoms with Crippen LogP contribution < -0.4 is 20.0 Å². The number of pyridine rings is 2. The van der Waals surface area contributed by atoms with Crippen LogP contribution in [0.15, 0.2) is 24.3 Å². The zero-order valence-corrected chi connectivity index (χ0v) is 17.2. The predicted molar refractivity (Wildman–Crippen MR) is 115 cm³/mol. The first-order chi connectivity index (χ1) is 15.1. The van der Waals surface area contributed by atoms with Crippen molar-refractivity contribution in [3.05, 3.63) is 41.1 Å².